The Morgan fingerprint density at radius 3 is 2.42 bits per heavy atom. The molecule has 26 heavy (non-hydrogen) atoms. The Labute approximate surface area is 161 Å². The number of carbonyl (C=O) groups is 1. The van der Waals surface area contributed by atoms with E-state index in [-0.39, 0.29) is 11.6 Å². The molecule has 0 atom stereocenters. The second kappa shape index (κ2) is 8.11. The zero-order chi connectivity index (χ0) is 18.5. The van der Waals surface area contributed by atoms with E-state index in [1.165, 1.54) is 36.0 Å². The molecular formula is C18H12BrN3O3S. The number of carbonyl (C=O) groups excluding carboxylic acids is 1. The topological polar surface area (TPSA) is 85.1 Å². The largest absolute Gasteiger partial charge is 0.322 e. The maximum atomic E-state index is 12.6. The maximum Gasteiger partial charge on any atom is 0.269 e. The van der Waals surface area contributed by atoms with Crippen LogP contribution in [-0.4, -0.2) is 15.8 Å². The van der Waals surface area contributed by atoms with Crippen molar-refractivity contribution in [1.82, 2.24) is 4.98 Å². The fourth-order valence-electron chi connectivity index (χ4n) is 2.12. The van der Waals surface area contributed by atoms with Gasteiger partial charge in [0.05, 0.1) is 10.5 Å². The lowest BCUT2D eigenvalue weighted by molar-refractivity contribution is -0.384. The van der Waals surface area contributed by atoms with Gasteiger partial charge in [-0.1, -0.05) is 27.7 Å². The Morgan fingerprint density at radius 2 is 1.77 bits per heavy atom. The van der Waals surface area contributed by atoms with Gasteiger partial charge in [0.15, 0.2) is 0 Å². The third-order valence-electron chi connectivity index (χ3n) is 3.38. The molecule has 3 rings (SSSR count). The second-order valence-electron chi connectivity index (χ2n) is 5.17. The SMILES string of the molecule is O=C(Nc1ccc([N+](=O)[O-])cc1)c1cccnc1Sc1ccc(Br)cc1. The van der Waals surface area contributed by atoms with Crippen molar-refractivity contribution in [2.24, 2.45) is 0 Å². The number of non-ortho nitro benzene ring substituents is 1. The van der Waals surface area contributed by atoms with Crippen LogP contribution < -0.4 is 5.32 Å². The van der Waals surface area contributed by atoms with E-state index in [9.17, 15) is 14.9 Å². The van der Waals surface area contributed by atoms with Crippen LogP contribution in [-0.2, 0) is 0 Å². The van der Waals surface area contributed by atoms with E-state index in [0.717, 1.165) is 9.37 Å². The number of nitro benzene ring substituents is 1. The molecule has 0 bridgehead atoms. The lowest BCUT2D eigenvalue weighted by atomic mass is 10.2. The zero-order valence-corrected chi connectivity index (χ0v) is 15.7. The zero-order valence-electron chi connectivity index (χ0n) is 13.3. The van der Waals surface area contributed by atoms with Crippen LogP contribution in [0.3, 0.4) is 0 Å². The van der Waals surface area contributed by atoms with Crippen LogP contribution in [0.1, 0.15) is 10.4 Å². The Morgan fingerprint density at radius 1 is 1.08 bits per heavy atom. The van der Waals surface area contributed by atoms with Crippen molar-refractivity contribution in [2.45, 2.75) is 9.92 Å². The number of anilines is 1. The van der Waals surface area contributed by atoms with Gasteiger partial charge in [-0.05, 0) is 48.5 Å². The molecule has 0 aliphatic rings. The summed E-state index contributed by atoms with van der Waals surface area (Å²) in [7, 11) is 0. The van der Waals surface area contributed by atoms with Gasteiger partial charge >= 0.3 is 0 Å². The molecule has 1 N–H and O–H groups in total. The Hall–Kier alpha value is -2.71. The van der Waals surface area contributed by atoms with E-state index in [4.69, 9.17) is 0 Å². The predicted octanol–water partition coefficient (Wildman–Crippen LogP) is 5.16. The highest BCUT2D eigenvalue weighted by Crippen LogP contribution is 2.30. The van der Waals surface area contributed by atoms with Gasteiger partial charge < -0.3 is 5.32 Å². The third kappa shape index (κ3) is 4.47. The minimum atomic E-state index is -0.486. The van der Waals surface area contributed by atoms with Crippen molar-refractivity contribution in [3.05, 3.63) is 87.0 Å². The number of pyridine rings is 1. The standard InChI is InChI=1S/C18H12BrN3O3S/c19-12-3-9-15(10-4-12)26-18-16(2-1-11-20-18)17(23)21-13-5-7-14(8-6-13)22(24)25/h1-11H,(H,21,23). The van der Waals surface area contributed by atoms with Gasteiger partial charge in [-0.2, -0.15) is 0 Å². The number of rotatable bonds is 5. The summed E-state index contributed by atoms with van der Waals surface area (Å²) in [5.41, 5.74) is 0.874. The summed E-state index contributed by atoms with van der Waals surface area (Å²) in [4.78, 5) is 28.1. The number of benzene rings is 2. The summed E-state index contributed by atoms with van der Waals surface area (Å²) in [6.07, 6.45) is 1.63. The molecule has 0 aliphatic carbocycles. The number of nitro groups is 1. The van der Waals surface area contributed by atoms with Gasteiger partial charge in [-0.3, -0.25) is 14.9 Å². The van der Waals surface area contributed by atoms with Crippen LogP contribution >= 0.6 is 27.7 Å². The van der Waals surface area contributed by atoms with E-state index in [2.05, 4.69) is 26.2 Å². The lowest BCUT2D eigenvalue weighted by Gasteiger charge is -2.09. The maximum absolute atomic E-state index is 12.6. The van der Waals surface area contributed by atoms with Crippen LogP contribution in [0.4, 0.5) is 11.4 Å². The van der Waals surface area contributed by atoms with Crippen LogP contribution in [0, 0.1) is 10.1 Å². The van der Waals surface area contributed by atoms with Crippen molar-refractivity contribution in [1.29, 1.82) is 0 Å². The predicted molar refractivity (Wildman–Crippen MR) is 104 cm³/mol. The molecule has 0 unspecified atom stereocenters. The number of aromatic nitrogens is 1. The molecule has 0 saturated heterocycles. The van der Waals surface area contributed by atoms with Crippen molar-refractivity contribution in [3.8, 4) is 0 Å². The molecule has 3 aromatic rings. The highest BCUT2D eigenvalue weighted by molar-refractivity contribution is 9.10. The summed E-state index contributed by atoms with van der Waals surface area (Å²) < 4.78 is 0.971. The minimum Gasteiger partial charge on any atom is -0.322 e. The average Bonchev–Trinajstić information content (AvgIpc) is 2.64. The molecule has 0 aliphatic heterocycles. The molecule has 2 aromatic carbocycles. The Kier molecular flexibility index (Phi) is 5.65. The van der Waals surface area contributed by atoms with Gasteiger partial charge in [0, 0.05) is 33.4 Å². The molecule has 0 fully saturated rings. The number of halogens is 1. The Bertz CT molecular complexity index is 947. The number of hydrogen-bond donors (Lipinski definition) is 1. The first-order valence-corrected chi connectivity index (χ1v) is 9.08. The molecule has 0 radical (unpaired) electrons. The minimum absolute atomic E-state index is 0.0316. The van der Waals surface area contributed by atoms with Crippen LogP contribution in [0.25, 0.3) is 0 Å². The van der Waals surface area contributed by atoms with Gasteiger partial charge in [-0.25, -0.2) is 4.98 Å². The first-order chi connectivity index (χ1) is 12.5. The summed E-state index contributed by atoms with van der Waals surface area (Å²) in [6.45, 7) is 0. The molecule has 8 heteroatoms. The average molecular weight is 430 g/mol. The highest BCUT2D eigenvalue weighted by atomic mass is 79.9. The van der Waals surface area contributed by atoms with Crippen molar-refractivity contribution in [3.63, 3.8) is 0 Å². The lowest BCUT2D eigenvalue weighted by Crippen LogP contribution is -2.13. The van der Waals surface area contributed by atoms with Crippen LogP contribution in [0.2, 0.25) is 0 Å². The van der Waals surface area contributed by atoms with Crippen molar-refractivity contribution < 1.29 is 9.72 Å². The number of nitrogens with one attached hydrogen (secondary N) is 1. The van der Waals surface area contributed by atoms with E-state index < -0.39 is 4.92 Å². The first kappa shape index (κ1) is 18.1. The summed E-state index contributed by atoms with van der Waals surface area (Å²) in [5, 5.41) is 14.0. The third-order valence-corrected chi connectivity index (χ3v) is 4.94. The number of amides is 1. The molecule has 1 amide bonds. The Balaban J connectivity index is 1.79. The van der Waals surface area contributed by atoms with Crippen molar-refractivity contribution in [2.75, 3.05) is 5.32 Å². The summed E-state index contributed by atoms with van der Waals surface area (Å²) >= 11 is 4.77. The molecule has 1 aromatic heterocycles. The molecule has 0 spiro atoms. The highest BCUT2D eigenvalue weighted by Gasteiger charge is 2.14. The fourth-order valence-corrected chi connectivity index (χ4v) is 3.27. The van der Waals surface area contributed by atoms with Crippen molar-refractivity contribution >= 4 is 45.0 Å². The van der Waals surface area contributed by atoms with E-state index in [1.54, 1.807) is 18.3 Å². The van der Waals surface area contributed by atoms with Gasteiger partial charge in [0.1, 0.15) is 5.03 Å². The quantitative estimate of drug-likeness (QED) is 0.447. The van der Waals surface area contributed by atoms with E-state index >= 15 is 0 Å². The molecule has 0 saturated carbocycles. The van der Waals surface area contributed by atoms with Gasteiger partial charge in [0.2, 0.25) is 0 Å². The molecule has 1 heterocycles. The second-order valence-corrected chi connectivity index (χ2v) is 7.15. The van der Waals surface area contributed by atoms with Crippen LogP contribution in [0.15, 0.2) is 81.3 Å². The molecule has 130 valence electrons. The van der Waals surface area contributed by atoms with Gasteiger partial charge in [0.25, 0.3) is 11.6 Å². The number of nitrogens with zero attached hydrogens (tertiary/aromatic N) is 2. The van der Waals surface area contributed by atoms with Crippen LogP contribution in [0.5, 0.6) is 0 Å². The fraction of sp³-hybridized carbons (Fsp3) is 0. The molecule has 6 nitrogen and oxygen atoms in total. The monoisotopic (exact) mass is 429 g/mol. The summed E-state index contributed by atoms with van der Waals surface area (Å²) in [5.74, 6) is -0.327. The van der Waals surface area contributed by atoms with E-state index in [0.29, 0.717) is 16.3 Å². The van der Waals surface area contributed by atoms with E-state index in [1.807, 2.05) is 24.3 Å². The summed E-state index contributed by atoms with van der Waals surface area (Å²) in [6, 6.07) is 16.8. The first-order valence-electron chi connectivity index (χ1n) is 7.47. The smallest absolute Gasteiger partial charge is 0.269 e. The normalized spacial score (nSPS) is 10.3. The van der Waals surface area contributed by atoms with Gasteiger partial charge in [-0.15, -0.1) is 0 Å². The number of hydrogen-bond acceptors (Lipinski definition) is 5. The molecular weight excluding hydrogens is 418 g/mol.